The minimum absolute atomic E-state index is 0.0445. The van der Waals surface area contributed by atoms with Crippen LogP contribution in [0.15, 0.2) is 18.2 Å². The fraction of sp³-hybridized carbons (Fsp3) is 0.333. The molecule has 1 aromatic carbocycles. The maximum absolute atomic E-state index is 13.5. The van der Waals surface area contributed by atoms with Gasteiger partial charge in [-0.3, -0.25) is 0 Å². The molecule has 0 aliphatic rings. The van der Waals surface area contributed by atoms with Crippen LogP contribution >= 0.6 is 0 Å². The van der Waals surface area contributed by atoms with Crippen molar-refractivity contribution in [2.45, 2.75) is 19.4 Å². The lowest BCUT2D eigenvalue weighted by molar-refractivity contribution is 0.0747. The molecule has 1 rings (SSSR count). The van der Waals surface area contributed by atoms with Crippen LogP contribution in [-0.2, 0) is 5.60 Å². The van der Waals surface area contributed by atoms with Gasteiger partial charge in [-0.1, -0.05) is 18.2 Å². The zero-order valence-corrected chi connectivity index (χ0v) is 8.03. The molecule has 76 valence electrons. The van der Waals surface area contributed by atoms with E-state index in [1.807, 2.05) is 0 Å². The van der Waals surface area contributed by atoms with Crippen LogP contribution in [0.2, 0.25) is 0 Å². The van der Waals surface area contributed by atoms with Gasteiger partial charge in [0.15, 0.2) is 0 Å². The lowest BCUT2D eigenvalue weighted by atomic mass is 9.77. The molecular formula is C9H12BFO3. The van der Waals surface area contributed by atoms with Crippen molar-refractivity contribution in [3.8, 4) is 0 Å². The molecule has 14 heavy (non-hydrogen) atoms. The molecule has 0 amide bonds. The summed E-state index contributed by atoms with van der Waals surface area (Å²) in [5.74, 6) is -0.782. The SMILES string of the molecule is CC(C)(O)c1cccc(B(O)O)c1F. The van der Waals surface area contributed by atoms with Gasteiger partial charge >= 0.3 is 7.12 Å². The molecule has 0 spiro atoms. The molecule has 0 saturated carbocycles. The molecule has 0 aliphatic heterocycles. The summed E-state index contributed by atoms with van der Waals surface area (Å²) < 4.78 is 13.5. The first kappa shape index (κ1) is 11.2. The Morgan fingerprint density at radius 1 is 1.29 bits per heavy atom. The van der Waals surface area contributed by atoms with Crippen LogP contribution in [0, 0.1) is 5.82 Å². The molecule has 3 nitrogen and oxygen atoms in total. The van der Waals surface area contributed by atoms with Gasteiger partial charge in [0.05, 0.1) is 5.60 Å². The molecule has 0 aromatic heterocycles. The van der Waals surface area contributed by atoms with Gasteiger partial charge in [0.1, 0.15) is 5.82 Å². The van der Waals surface area contributed by atoms with E-state index in [0.29, 0.717) is 0 Å². The number of hydrogen-bond acceptors (Lipinski definition) is 3. The second kappa shape index (κ2) is 3.69. The first-order chi connectivity index (χ1) is 6.34. The highest BCUT2D eigenvalue weighted by atomic mass is 19.1. The van der Waals surface area contributed by atoms with Crippen LogP contribution in [-0.4, -0.2) is 22.3 Å². The van der Waals surface area contributed by atoms with Crippen molar-refractivity contribution in [3.05, 3.63) is 29.6 Å². The third-order valence-corrected chi connectivity index (χ3v) is 1.97. The van der Waals surface area contributed by atoms with Crippen molar-refractivity contribution >= 4 is 12.6 Å². The van der Waals surface area contributed by atoms with Crippen LogP contribution in [0.1, 0.15) is 19.4 Å². The average Bonchev–Trinajstić information content (AvgIpc) is 2.01. The predicted molar refractivity (Wildman–Crippen MR) is 51.5 cm³/mol. The molecule has 5 heteroatoms. The van der Waals surface area contributed by atoms with E-state index < -0.39 is 18.5 Å². The maximum atomic E-state index is 13.5. The number of aliphatic hydroxyl groups is 1. The zero-order valence-electron chi connectivity index (χ0n) is 8.03. The minimum atomic E-state index is -1.86. The van der Waals surface area contributed by atoms with Crippen LogP contribution in [0.4, 0.5) is 4.39 Å². The Kier molecular flexibility index (Phi) is 2.94. The Morgan fingerprint density at radius 2 is 1.86 bits per heavy atom. The highest BCUT2D eigenvalue weighted by Crippen LogP contribution is 2.21. The highest BCUT2D eigenvalue weighted by Gasteiger charge is 2.25. The van der Waals surface area contributed by atoms with Crippen molar-refractivity contribution in [3.63, 3.8) is 0 Å². The van der Waals surface area contributed by atoms with Crippen LogP contribution in [0.3, 0.4) is 0 Å². The molecular weight excluding hydrogens is 186 g/mol. The molecule has 0 atom stereocenters. The van der Waals surface area contributed by atoms with Crippen molar-refractivity contribution in [2.24, 2.45) is 0 Å². The highest BCUT2D eigenvalue weighted by molar-refractivity contribution is 6.58. The summed E-state index contributed by atoms with van der Waals surface area (Å²) in [4.78, 5) is 0. The van der Waals surface area contributed by atoms with Gasteiger partial charge in [-0.05, 0) is 13.8 Å². The van der Waals surface area contributed by atoms with Crippen LogP contribution in [0.5, 0.6) is 0 Å². The van der Waals surface area contributed by atoms with E-state index in [1.54, 1.807) is 0 Å². The lowest BCUT2D eigenvalue weighted by Gasteiger charge is -2.19. The Bertz CT molecular complexity index is 333. The average molecular weight is 198 g/mol. The minimum Gasteiger partial charge on any atom is -0.423 e. The normalized spacial score (nSPS) is 11.6. The Balaban J connectivity index is 3.28. The summed E-state index contributed by atoms with van der Waals surface area (Å²) >= 11 is 0. The van der Waals surface area contributed by atoms with Crippen molar-refractivity contribution in [1.82, 2.24) is 0 Å². The Morgan fingerprint density at radius 3 is 2.29 bits per heavy atom. The Labute approximate surface area is 82.0 Å². The van der Waals surface area contributed by atoms with Gasteiger partial charge in [0, 0.05) is 11.0 Å². The summed E-state index contributed by atoms with van der Waals surface area (Å²) in [5, 5.41) is 27.2. The summed E-state index contributed by atoms with van der Waals surface area (Å²) in [6, 6.07) is 4.13. The van der Waals surface area contributed by atoms with Gasteiger partial charge in [-0.2, -0.15) is 0 Å². The Hall–Kier alpha value is -0.905. The maximum Gasteiger partial charge on any atom is 0.491 e. The molecule has 0 aliphatic carbocycles. The van der Waals surface area contributed by atoms with Gasteiger partial charge < -0.3 is 15.2 Å². The fourth-order valence-electron chi connectivity index (χ4n) is 1.22. The summed E-state index contributed by atoms with van der Waals surface area (Å²) in [6.45, 7) is 2.86. The van der Waals surface area contributed by atoms with E-state index >= 15 is 0 Å². The summed E-state index contributed by atoms with van der Waals surface area (Å²) in [6.07, 6.45) is 0. The third-order valence-electron chi connectivity index (χ3n) is 1.97. The third kappa shape index (κ3) is 2.12. The van der Waals surface area contributed by atoms with E-state index in [9.17, 15) is 9.50 Å². The monoisotopic (exact) mass is 198 g/mol. The lowest BCUT2D eigenvalue weighted by Crippen LogP contribution is -2.35. The number of rotatable bonds is 2. The largest absolute Gasteiger partial charge is 0.491 e. The molecule has 0 radical (unpaired) electrons. The topological polar surface area (TPSA) is 60.7 Å². The first-order valence-corrected chi connectivity index (χ1v) is 4.21. The first-order valence-electron chi connectivity index (χ1n) is 4.21. The van der Waals surface area contributed by atoms with Crippen LogP contribution < -0.4 is 5.46 Å². The van der Waals surface area contributed by atoms with Crippen LogP contribution in [0.25, 0.3) is 0 Å². The zero-order chi connectivity index (χ0) is 10.9. The number of halogens is 1. The molecule has 0 bridgehead atoms. The quantitative estimate of drug-likeness (QED) is 0.573. The molecule has 0 saturated heterocycles. The van der Waals surface area contributed by atoms with Gasteiger partial charge in [0.2, 0.25) is 0 Å². The molecule has 0 unspecified atom stereocenters. The smallest absolute Gasteiger partial charge is 0.423 e. The van der Waals surface area contributed by atoms with E-state index in [2.05, 4.69) is 0 Å². The van der Waals surface area contributed by atoms with E-state index in [0.717, 1.165) is 0 Å². The summed E-state index contributed by atoms with van der Waals surface area (Å²) in [7, 11) is -1.86. The van der Waals surface area contributed by atoms with E-state index in [4.69, 9.17) is 10.0 Å². The van der Waals surface area contributed by atoms with E-state index in [1.165, 1.54) is 32.0 Å². The number of benzene rings is 1. The summed E-state index contributed by atoms with van der Waals surface area (Å²) in [5.41, 5.74) is -1.53. The predicted octanol–water partition coefficient (Wildman–Crippen LogP) is -0.267. The standard InChI is InChI=1S/C9H12BFO3/c1-9(2,12)6-4-3-5-7(8(6)11)10(13)14/h3-5,12-14H,1-2H3. The van der Waals surface area contributed by atoms with Crippen molar-refractivity contribution in [2.75, 3.05) is 0 Å². The fourth-order valence-corrected chi connectivity index (χ4v) is 1.22. The number of hydrogen-bond donors (Lipinski definition) is 3. The van der Waals surface area contributed by atoms with E-state index in [-0.39, 0.29) is 11.0 Å². The van der Waals surface area contributed by atoms with Gasteiger partial charge in [0.25, 0.3) is 0 Å². The van der Waals surface area contributed by atoms with Crippen molar-refractivity contribution < 1.29 is 19.5 Å². The molecule has 0 heterocycles. The molecule has 3 N–H and O–H groups in total. The van der Waals surface area contributed by atoms with Gasteiger partial charge in [-0.15, -0.1) is 0 Å². The van der Waals surface area contributed by atoms with Gasteiger partial charge in [-0.25, -0.2) is 4.39 Å². The second-order valence-electron chi connectivity index (χ2n) is 3.64. The molecule has 1 aromatic rings. The molecule has 0 fully saturated rings. The van der Waals surface area contributed by atoms with Crippen molar-refractivity contribution in [1.29, 1.82) is 0 Å². The second-order valence-corrected chi connectivity index (χ2v) is 3.64.